The molecule has 0 aromatic heterocycles. The normalized spacial score (nSPS) is 16.6. The van der Waals surface area contributed by atoms with Crippen LogP contribution in [0.25, 0.3) is 0 Å². The molecule has 1 saturated carbocycles. The Bertz CT molecular complexity index is 668. The first-order valence-electron chi connectivity index (χ1n) is 8.74. The molecule has 0 radical (unpaired) electrons. The van der Waals surface area contributed by atoms with Gasteiger partial charge in [0, 0.05) is 17.5 Å². The zero-order chi connectivity index (χ0) is 18.4. The van der Waals surface area contributed by atoms with E-state index in [1.807, 2.05) is 30.8 Å². The van der Waals surface area contributed by atoms with Crippen molar-refractivity contribution in [2.45, 2.75) is 50.8 Å². The molecule has 1 aliphatic carbocycles. The molecular formula is C18H28N2O3S2. The fraction of sp³-hybridized carbons (Fsp3) is 0.611. The Kier molecular flexibility index (Phi) is 7.19. The highest BCUT2D eigenvalue weighted by Gasteiger charge is 2.28. The summed E-state index contributed by atoms with van der Waals surface area (Å²) in [5.74, 6) is 0.602. The minimum absolute atomic E-state index is 0.266. The number of hydrogen-bond acceptors (Lipinski definition) is 4. The van der Waals surface area contributed by atoms with Gasteiger partial charge in [0.05, 0.1) is 11.9 Å². The monoisotopic (exact) mass is 384 g/mol. The third-order valence-electron chi connectivity index (χ3n) is 4.43. The molecule has 25 heavy (non-hydrogen) atoms. The Hall–Kier alpha value is -1.21. The number of carbonyl (C=O) groups is 1. The van der Waals surface area contributed by atoms with Crippen LogP contribution in [0.5, 0.6) is 0 Å². The van der Waals surface area contributed by atoms with Crippen molar-refractivity contribution in [3.8, 4) is 0 Å². The van der Waals surface area contributed by atoms with Crippen molar-refractivity contribution in [1.29, 1.82) is 0 Å². The summed E-state index contributed by atoms with van der Waals surface area (Å²) in [4.78, 5) is 12.4. The average molecular weight is 385 g/mol. The summed E-state index contributed by atoms with van der Waals surface area (Å²) < 4.78 is 25.6. The lowest BCUT2D eigenvalue weighted by Gasteiger charge is -2.28. The number of sulfonamides is 1. The molecule has 1 aromatic rings. The van der Waals surface area contributed by atoms with Crippen LogP contribution in [0, 0.1) is 6.92 Å². The van der Waals surface area contributed by atoms with E-state index in [4.69, 9.17) is 0 Å². The van der Waals surface area contributed by atoms with E-state index in [1.165, 1.54) is 30.0 Å². The van der Waals surface area contributed by atoms with Crippen LogP contribution in [-0.4, -0.2) is 44.2 Å². The summed E-state index contributed by atoms with van der Waals surface area (Å²) in [5, 5.41) is 3.59. The molecule has 1 atom stereocenters. The van der Waals surface area contributed by atoms with Gasteiger partial charge in [-0.05, 0) is 38.8 Å². The summed E-state index contributed by atoms with van der Waals surface area (Å²) >= 11 is 1.90. The van der Waals surface area contributed by atoms with Gasteiger partial charge in [0.25, 0.3) is 0 Å². The van der Waals surface area contributed by atoms with E-state index in [-0.39, 0.29) is 5.91 Å². The molecule has 2 rings (SSSR count). The number of anilines is 1. The van der Waals surface area contributed by atoms with Crippen molar-refractivity contribution < 1.29 is 13.2 Å². The number of thioether (sulfide) groups is 1. The molecule has 1 amide bonds. The van der Waals surface area contributed by atoms with Crippen molar-refractivity contribution in [1.82, 2.24) is 5.32 Å². The first-order chi connectivity index (χ1) is 11.8. The number of carbonyl (C=O) groups excluding carboxylic acids is 1. The Morgan fingerprint density at radius 2 is 1.88 bits per heavy atom. The van der Waals surface area contributed by atoms with E-state index in [0.717, 1.165) is 22.8 Å². The molecule has 1 aliphatic rings. The van der Waals surface area contributed by atoms with E-state index in [1.54, 1.807) is 19.1 Å². The molecule has 0 saturated heterocycles. The van der Waals surface area contributed by atoms with Gasteiger partial charge in [0.2, 0.25) is 15.9 Å². The number of rotatable bonds is 8. The van der Waals surface area contributed by atoms with E-state index in [0.29, 0.717) is 12.2 Å². The minimum atomic E-state index is -3.55. The standard InChI is InChI=1S/C18H28N2O3S2/c1-14-8-10-16(11-9-14)20(25(3,22)23)15(2)18(21)19-12-13-24-17-6-4-5-7-17/h8-11,15,17H,4-7,12-13H2,1-3H3,(H,19,21)/t15-/m1/s1. The average Bonchev–Trinajstić information content (AvgIpc) is 3.05. The number of nitrogens with one attached hydrogen (secondary N) is 1. The van der Waals surface area contributed by atoms with Crippen molar-refractivity contribution in [2.24, 2.45) is 0 Å². The minimum Gasteiger partial charge on any atom is -0.353 e. The maximum Gasteiger partial charge on any atom is 0.243 e. The maximum absolute atomic E-state index is 12.4. The Balaban J connectivity index is 1.94. The smallest absolute Gasteiger partial charge is 0.243 e. The third-order valence-corrected chi connectivity index (χ3v) is 7.06. The van der Waals surface area contributed by atoms with Crippen LogP contribution in [0.4, 0.5) is 5.69 Å². The summed E-state index contributed by atoms with van der Waals surface area (Å²) in [6.45, 7) is 4.13. The van der Waals surface area contributed by atoms with Gasteiger partial charge in [-0.3, -0.25) is 9.10 Å². The predicted molar refractivity (Wildman–Crippen MR) is 106 cm³/mol. The van der Waals surface area contributed by atoms with Gasteiger partial charge in [-0.15, -0.1) is 0 Å². The zero-order valence-electron chi connectivity index (χ0n) is 15.2. The van der Waals surface area contributed by atoms with Crippen molar-refractivity contribution in [2.75, 3.05) is 22.9 Å². The molecule has 5 nitrogen and oxygen atoms in total. The lowest BCUT2D eigenvalue weighted by molar-refractivity contribution is -0.121. The van der Waals surface area contributed by atoms with Gasteiger partial charge >= 0.3 is 0 Å². The second kappa shape index (κ2) is 8.94. The SMILES string of the molecule is Cc1ccc(N([C@H](C)C(=O)NCCSC2CCCC2)S(C)(=O)=O)cc1. The Morgan fingerprint density at radius 1 is 1.28 bits per heavy atom. The van der Waals surface area contributed by atoms with Gasteiger partial charge in [0.1, 0.15) is 6.04 Å². The molecule has 0 bridgehead atoms. The van der Waals surface area contributed by atoms with E-state index < -0.39 is 16.1 Å². The molecule has 1 fully saturated rings. The van der Waals surface area contributed by atoms with Gasteiger partial charge in [-0.2, -0.15) is 11.8 Å². The highest BCUT2D eigenvalue weighted by Crippen LogP contribution is 2.29. The highest BCUT2D eigenvalue weighted by atomic mass is 32.2. The van der Waals surface area contributed by atoms with Crippen LogP contribution in [0.2, 0.25) is 0 Å². The quantitative estimate of drug-likeness (QED) is 0.700. The summed E-state index contributed by atoms with van der Waals surface area (Å²) in [5.41, 5.74) is 1.55. The van der Waals surface area contributed by atoms with Crippen molar-refractivity contribution in [3.63, 3.8) is 0 Å². The molecule has 0 heterocycles. The highest BCUT2D eigenvalue weighted by molar-refractivity contribution is 7.99. The fourth-order valence-corrected chi connectivity index (χ4v) is 5.50. The molecule has 1 N–H and O–H groups in total. The van der Waals surface area contributed by atoms with Gasteiger partial charge in [-0.25, -0.2) is 8.42 Å². The van der Waals surface area contributed by atoms with E-state index in [9.17, 15) is 13.2 Å². The van der Waals surface area contributed by atoms with Gasteiger partial charge in [0.15, 0.2) is 0 Å². The molecule has 0 unspecified atom stereocenters. The Labute approximate surface area is 155 Å². The second-order valence-electron chi connectivity index (χ2n) is 6.64. The van der Waals surface area contributed by atoms with E-state index >= 15 is 0 Å². The first kappa shape index (κ1) is 20.1. The topological polar surface area (TPSA) is 66.5 Å². The van der Waals surface area contributed by atoms with Gasteiger partial charge in [-0.1, -0.05) is 30.5 Å². The van der Waals surface area contributed by atoms with Crippen LogP contribution in [0.15, 0.2) is 24.3 Å². The molecule has 0 aliphatic heterocycles. The lowest BCUT2D eigenvalue weighted by Crippen LogP contribution is -2.48. The van der Waals surface area contributed by atoms with Crippen LogP contribution < -0.4 is 9.62 Å². The number of nitrogens with zero attached hydrogens (tertiary/aromatic N) is 1. The summed E-state index contributed by atoms with van der Waals surface area (Å²) in [6.07, 6.45) is 6.28. The van der Waals surface area contributed by atoms with Crippen LogP contribution in [0.1, 0.15) is 38.2 Å². The molecule has 140 valence electrons. The van der Waals surface area contributed by atoms with Crippen molar-refractivity contribution in [3.05, 3.63) is 29.8 Å². The second-order valence-corrected chi connectivity index (χ2v) is 9.91. The zero-order valence-corrected chi connectivity index (χ0v) is 16.8. The van der Waals surface area contributed by atoms with Gasteiger partial charge < -0.3 is 5.32 Å². The largest absolute Gasteiger partial charge is 0.353 e. The third kappa shape index (κ3) is 5.92. The van der Waals surface area contributed by atoms with Crippen LogP contribution in [0.3, 0.4) is 0 Å². The van der Waals surface area contributed by atoms with Crippen molar-refractivity contribution >= 4 is 33.4 Å². The molecule has 7 heteroatoms. The number of amides is 1. The number of hydrogen-bond donors (Lipinski definition) is 1. The molecular weight excluding hydrogens is 356 g/mol. The number of benzene rings is 1. The maximum atomic E-state index is 12.4. The van der Waals surface area contributed by atoms with Crippen LogP contribution in [-0.2, 0) is 14.8 Å². The van der Waals surface area contributed by atoms with E-state index in [2.05, 4.69) is 5.32 Å². The fourth-order valence-electron chi connectivity index (χ4n) is 3.10. The summed E-state index contributed by atoms with van der Waals surface area (Å²) in [6, 6.07) is 6.37. The van der Waals surface area contributed by atoms with Crippen LogP contribution >= 0.6 is 11.8 Å². The number of aryl methyl sites for hydroxylation is 1. The predicted octanol–water partition coefficient (Wildman–Crippen LogP) is 2.94. The first-order valence-corrected chi connectivity index (χ1v) is 11.6. The lowest BCUT2D eigenvalue weighted by atomic mass is 10.2. The summed E-state index contributed by atoms with van der Waals surface area (Å²) in [7, 11) is -3.55. The molecule has 1 aromatic carbocycles. The Morgan fingerprint density at radius 3 is 2.44 bits per heavy atom. The molecule has 0 spiro atoms.